The first-order chi connectivity index (χ1) is 9.61. The second-order valence-corrected chi connectivity index (χ2v) is 5.20. The summed E-state index contributed by atoms with van der Waals surface area (Å²) in [7, 11) is 0. The van der Waals surface area contributed by atoms with E-state index in [2.05, 4.69) is 18.3 Å². The minimum atomic E-state index is -0.896. The van der Waals surface area contributed by atoms with Crippen molar-refractivity contribution >= 4 is 11.6 Å². The number of anilines is 1. The van der Waals surface area contributed by atoms with Gasteiger partial charge in [-0.05, 0) is 37.0 Å². The van der Waals surface area contributed by atoms with E-state index in [-0.39, 0.29) is 5.91 Å². The normalized spacial score (nSPS) is 10.9. The average molecular weight is 272 g/mol. The Hall–Kier alpha value is -1.82. The summed E-state index contributed by atoms with van der Waals surface area (Å²) in [4.78, 5) is 12.5. The first-order valence-corrected chi connectivity index (χ1v) is 7.43. The predicted octanol–water partition coefficient (Wildman–Crippen LogP) is 4.30. The molecule has 0 saturated heterocycles. The summed E-state index contributed by atoms with van der Waals surface area (Å²) in [5.74, 6) is -0.173. The third-order valence-corrected chi connectivity index (χ3v) is 3.62. The number of carbonyl (C=O) groups is 1. The molecule has 1 amide bonds. The van der Waals surface area contributed by atoms with Crippen molar-refractivity contribution in [1.82, 2.24) is 0 Å². The molecule has 1 rings (SSSR count). The number of aryl methyl sites for hydroxylation is 1. The number of amides is 1. The molecule has 0 radical (unpaired) electrons. The molecule has 0 spiro atoms. The molecule has 0 heterocycles. The van der Waals surface area contributed by atoms with E-state index in [0.29, 0.717) is 12.8 Å². The lowest BCUT2D eigenvalue weighted by Gasteiger charge is -2.24. The minimum Gasteiger partial charge on any atom is -0.325 e. The van der Waals surface area contributed by atoms with E-state index in [0.717, 1.165) is 24.9 Å². The van der Waals surface area contributed by atoms with Gasteiger partial charge in [0.1, 0.15) is 5.41 Å². The highest BCUT2D eigenvalue weighted by Gasteiger charge is 2.36. The summed E-state index contributed by atoms with van der Waals surface area (Å²) in [5, 5.41) is 12.4. The summed E-state index contributed by atoms with van der Waals surface area (Å²) < 4.78 is 0. The van der Waals surface area contributed by atoms with Crippen LogP contribution in [-0.2, 0) is 11.2 Å². The van der Waals surface area contributed by atoms with E-state index >= 15 is 0 Å². The van der Waals surface area contributed by atoms with Crippen LogP contribution in [0.5, 0.6) is 0 Å². The largest absolute Gasteiger partial charge is 0.325 e. The van der Waals surface area contributed by atoms with Gasteiger partial charge in [-0.2, -0.15) is 5.26 Å². The molecule has 0 fully saturated rings. The summed E-state index contributed by atoms with van der Waals surface area (Å²) in [5.41, 5.74) is 1.10. The van der Waals surface area contributed by atoms with Crippen LogP contribution in [0.3, 0.4) is 0 Å². The van der Waals surface area contributed by atoms with Crippen LogP contribution in [-0.4, -0.2) is 5.91 Å². The Kier molecular flexibility index (Phi) is 6.24. The summed E-state index contributed by atoms with van der Waals surface area (Å²) >= 11 is 0. The summed E-state index contributed by atoms with van der Waals surface area (Å²) in [6.07, 6.45) is 3.85. The smallest absolute Gasteiger partial charge is 0.244 e. The van der Waals surface area contributed by atoms with Gasteiger partial charge in [-0.3, -0.25) is 4.79 Å². The highest BCUT2D eigenvalue weighted by atomic mass is 16.2. The molecule has 0 aliphatic carbocycles. The summed E-state index contributed by atoms with van der Waals surface area (Å²) in [6.45, 7) is 6.10. The van der Waals surface area contributed by atoms with Crippen LogP contribution < -0.4 is 5.32 Å². The lowest BCUT2D eigenvalue weighted by molar-refractivity contribution is -0.123. The molecule has 0 aliphatic rings. The number of nitriles is 1. The minimum absolute atomic E-state index is 0.173. The first-order valence-electron chi connectivity index (χ1n) is 7.43. The molecule has 20 heavy (non-hydrogen) atoms. The third-order valence-electron chi connectivity index (χ3n) is 3.62. The van der Waals surface area contributed by atoms with Crippen molar-refractivity contribution in [2.75, 3.05) is 5.32 Å². The van der Waals surface area contributed by atoms with Gasteiger partial charge in [-0.15, -0.1) is 0 Å². The van der Waals surface area contributed by atoms with Crippen LogP contribution in [0.15, 0.2) is 24.3 Å². The molecule has 108 valence electrons. The predicted molar refractivity (Wildman–Crippen MR) is 82.3 cm³/mol. The van der Waals surface area contributed by atoms with Gasteiger partial charge < -0.3 is 5.32 Å². The fourth-order valence-electron chi connectivity index (χ4n) is 2.44. The van der Waals surface area contributed by atoms with Gasteiger partial charge in [0, 0.05) is 5.69 Å². The number of benzene rings is 1. The second kappa shape index (κ2) is 7.69. The van der Waals surface area contributed by atoms with Crippen LogP contribution in [0, 0.1) is 16.7 Å². The lowest BCUT2D eigenvalue weighted by Crippen LogP contribution is -2.35. The monoisotopic (exact) mass is 272 g/mol. The number of nitrogens with zero attached hydrogens (tertiary/aromatic N) is 1. The Balaban J connectivity index is 2.87. The number of hydrogen-bond acceptors (Lipinski definition) is 2. The third kappa shape index (κ3) is 3.84. The summed E-state index contributed by atoms with van der Waals surface area (Å²) in [6, 6.07) is 10.1. The Labute approximate surface area is 122 Å². The number of nitrogens with one attached hydrogen (secondary N) is 1. The van der Waals surface area contributed by atoms with Gasteiger partial charge in [-0.1, -0.05) is 45.7 Å². The SMILES string of the molecule is CCCC(C#N)(CCC)C(=O)Nc1ccc(CC)cc1. The second-order valence-electron chi connectivity index (χ2n) is 5.20. The molecular formula is C17H24N2O. The number of rotatable bonds is 7. The molecule has 3 heteroatoms. The Bertz CT molecular complexity index is 465. The van der Waals surface area contributed by atoms with E-state index in [9.17, 15) is 10.1 Å². The Morgan fingerprint density at radius 1 is 1.15 bits per heavy atom. The van der Waals surface area contributed by atoms with Crippen molar-refractivity contribution in [2.24, 2.45) is 5.41 Å². The zero-order chi connectivity index (χ0) is 15.0. The molecular weight excluding hydrogens is 248 g/mol. The molecule has 0 saturated carbocycles. The average Bonchev–Trinajstić information content (AvgIpc) is 2.47. The molecule has 0 unspecified atom stereocenters. The maximum absolute atomic E-state index is 12.5. The van der Waals surface area contributed by atoms with Gasteiger partial charge in [0.25, 0.3) is 0 Å². The highest BCUT2D eigenvalue weighted by molar-refractivity contribution is 5.97. The van der Waals surface area contributed by atoms with E-state index in [1.54, 1.807) is 0 Å². The molecule has 0 aromatic heterocycles. The van der Waals surface area contributed by atoms with Gasteiger partial charge in [0.05, 0.1) is 6.07 Å². The van der Waals surface area contributed by atoms with E-state index < -0.39 is 5.41 Å². The molecule has 1 aromatic rings. The fraction of sp³-hybridized carbons (Fsp3) is 0.529. The zero-order valence-electron chi connectivity index (χ0n) is 12.7. The van der Waals surface area contributed by atoms with Crippen molar-refractivity contribution in [3.8, 4) is 6.07 Å². The van der Waals surface area contributed by atoms with Crippen LogP contribution in [0.1, 0.15) is 52.0 Å². The lowest BCUT2D eigenvalue weighted by atomic mass is 9.79. The van der Waals surface area contributed by atoms with Gasteiger partial charge in [0.2, 0.25) is 5.91 Å². The van der Waals surface area contributed by atoms with Crippen molar-refractivity contribution in [3.63, 3.8) is 0 Å². The molecule has 3 nitrogen and oxygen atoms in total. The molecule has 1 N–H and O–H groups in total. The van der Waals surface area contributed by atoms with Crippen LogP contribution >= 0.6 is 0 Å². The van der Waals surface area contributed by atoms with Gasteiger partial charge >= 0.3 is 0 Å². The quantitative estimate of drug-likeness (QED) is 0.804. The standard InChI is InChI=1S/C17H24N2O/c1-4-11-17(13-18,12-5-2)16(20)19-15-9-7-14(6-3)8-10-15/h7-10H,4-6,11-12H2,1-3H3,(H,19,20). The van der Waals surface area contributed by atoms with Crippen LogP contribution in [0.25, 0.3) is 0 Å². The zero-order valence-corrected chi connectivity index (χ0v) is 12.7. The van der Waals surface area contributed by atoms with Crippen molar-refractivity contribution in [3.05, 3.63) is 29.8 Å². The van der Waals surface area contributed by atoms with E-state index in [1.807, 2.05) is 38.1 Å². The maximum atomic E-state index is 12.5. The fourth-order valence-corrected chi connectivity index (χ4v) is 2.44. The molecule has 0 atom stereocenters. The number of hydrogen-bond donors (Lipinski definition) is 1. The molecule has 0 aliphatic heterocycles. The molecule has 0 bridgehead atoms. The first kappa shape index (κ1) is 16.2. The van der Waals surface area contributed by atoms with E-state index in [1.165, 1.54) is 5.56 Å². The maximum Gasteiger partial charge on any atom is 0.244 e. The molecule has 1 aromatic carbocycles. The van der Waals surface area contributed by atoms with Crippen molar-refractivity contribution in [2.45, 2.75) is 52.9 Å². The Morgan fingerprint density at radius 2 is 1.70 bits per heavy atom. The van der Waals surface area contributed by atoms with Gasteiger partial charge in [-0.25, -0.2) is 0 Å². The van der Waals surface area contributed by atoms with Crippen LogP contribution in [0.2, 0.25) is 0 Å². The van der Waals surface area contributed by atoms with Crippen molar-refractivity contribution in [1.29, 1.82) is 5.26 Å². The van der Waals surface area contributed by atoms with Crippen LogP contribution in [0.4, 0.5) is 5.69 Å². The van der Waals surface area contributed by atoms with E-state index in [4.69, 9.17) is 0 Å². The Morgan fingerprint density at radius 3 is 2.10 bits per heavy atom. The highest BCUT2D eigenvalue weighted by Crippen LogP contribution is 2.30. The van der Waals surface area contributed by atoms with Crippen molar-refractivity contribution < 1.29 is 4.79 Å². The topological polar surface area (TPSA) is 52.9 Å². The number of carbonyl (C=O) groups excluding carboxylic acids is 1. The van der Waals surface area contributed by atoms with Gasteiger partial charge in [0.15, 0.2) is 0 Å².